The first kappa shape index (κ1) is 14.2. The highest BCUT2D eigenvalue weighted by molar-refractivity contribution is 5.92. The molecular formula is C12H11N5O4. The van der Waals surface area contributed by atoms with Crippen LogP contribution in [-0.2, 0) is 0 Å². The van der Waals surface area contributed by atoms with Crippen LogP contribution in [0.3, 0.4) is 0 Å². The van der Waals surface area contributed by atoms with Crippen molar-refractivity contribution in [3.05, 3.63) is 46.3 Å². The summed E-state index contributed by atoms with van der Waals surface area (Å²) >= 11 is 0. The van der Waals surface area contributed by atoms with Crippen LogP contribution in [-0.4, -0.2) is 27.8 Å². The van der Waals surface area contributed by atoms with Crippen molar-refractivity contribution < 1.29 is 14.4 Å². The first-order valence-electron chi connectivity index (χ1n) is 5.69. The van der Waals surface area contributed by atoms with Gasteiger partial charge in [-0.05, 0) is 12.1 Å². The molecule has 0 fully saturated rings. The highest BCUT2D eigenvalue weighted by Gasteiger charge is 2.14. The van der Waals surface area contributed by atoms with Crippen LogP contribution in [0.4, 0.5) is 5.69 Å². The molecule has 0 atom stereocenters. The molecule has 3 N–H and O–H groups in total. The smallest absolute Gasteiger partial charge is 0.322 e. The molecule has 0 saturated heterocycles. The fraction of sp³-hybridized carbons (Fsp3) is 0.0833. The minimum Gasteiger partial charge on any atom is -0.493 e. The van der Waals surface area contributed by atoms with Gasteiger partial charge in [0, 0.05) is 12.3 Å². The van der Waals surface area contributed by atoms with Crippen molar-refractivity contribution >= 4 is 11.5 Å². The lowest BCUT2D eigenvalue weighted by atomic mass is 10.3. The maximum absolute atomic E-state index is 10.8. The molecule has 2 rings (SSSR count). The molecule has 0 radical (unpaired) electrons. The summed E-state index contributed by atoms with van der Waals surface area (Å²) in [5.74, 6) is 0.137. The van der Waals surface area contributed by atoms with E-state index in [0.29, 0.717) is 0 Å². The minimum absolute atomic E-state index is 0.0902. The van der Waals surface area contributed by atoms with Crippen LogP contribution in [0.1, 0.15) is 5.69 Å². The number of ether oxygens (including phenoxy) is 2. The number of hydrogen-bond acceptors (Lipinski definition) is 7. The lowest BCUT2D eigenvalue weighted by Crippen LogP contribution is -2.13. The summed E-state index contributed by atoms with van der Waals surface area (Å²) in [6, 6.07) is 5.24. The van der Waals surface area contributed by atoms with Gasteiger partial charge in [0.15, 0.2) is 11.5 Å². The van der Waals surface area contributed by atoms with Gasteiger partial charge in [0.2, 0.25) is 0 Å². The Hall–Kier alpha value is -3.23. The lowest BCUT2D eigenvalue weighted by molar-refractivity contribution is -0.384. The fourth-order valence-corrected chi connectivity index (χ4v) is 1.50. The molecule has 0 aliphatic heterocycles. The first-order valence-corrected chi connectivity index (χ1v) is 5.69. The van der Waals surface area contributed by atoms with Gasteiger partial charge in [0.25, 0.3) is 5.69 Å². The third kappa shape index (κ3) is 3.21. The van der Waals surface area contributed by atoms with Crippen LogP contribution in [0.2, 0.25) is 0 Å². The summed E-state index contributed by atoms with van der Waals surface area (Å²) < 4.78 is 10.4. The van der Waals surface area contributed by atoms with E-state index < -0.39 is 4.92 Å². The third-order valence-corrected chi connectivity index (χ3v) is 2.47. The second kappa shape index (κ2) is 5.82. The molecule has 1 heterocycles. The summed E-state index contributed by atoms with van der Waals surface area (Å²) in [5, 5.41) is 18.1. The Morgan fingerprint density at radius 1 is 1.38 bits per heavy atom. The van der Waals surface area contributed by atoms with Crippen molar-refractivity contribution in [1.82, 2.24) is 9.97 Å². The lowest BCUT2D eigenvalue weighted by Gasteiger charge is -2.09. The molecule has 1 aromatic heterocycles. The van der Waals surface area contributed by atoms with E-state index in [0.717, 1.165) is 0 Å². The Balaban J connectivity index is 2.37. The normalized spacial score (nSPS) is 9.95. The van der Waals surface area contributed by atoms with Crippen LogP contribution < -0.4 is 15.2 Å². The standard InChI is InChI=1S/C12H11N5O4/c1-20-9-3-2-7(17(18)19)6-10(9)21-12-15-5-4-8(16-12)11(13)14/h2-6H,1H3,(H3,13,14). The molecule has 0 unspecified atom stereocenters. The Labute approximate surface area is 119 Å². The largest absolute Gasteiger partial charge is 0.493 e. The predicted octanol–water partition coefficient (Wildman–Crippen LogP) is 1.47. The maximum Gasteiger partial charge on any atom is 0.322 e. The van der Waals surface area contributed by atoms with Crippen molar-refractivity contribution in [2.24, 2.45) is 5.73 Å². The van der Waals surface area contributed by atoms with Gasteiger partial charge in [0.1, 0.15) is 11.5 Å². The van der Waals surface area contributed by atoms with Gasteiger partial charge < -0.3 is 15.2 Å². The number of nitrogen functional groups attached to an aromatic ring is 1. The zero-order chi connectivity index (χ0) is 15.4. The van der Waals surface area contributed by atoms with Gasteiger partial charge >= 0.3 is 6.01 Å². The van der Waals surface area contributed by atoms with E-state index >= 15 is 0 Å². The average Bonchev–Trinajstić information content (AvgIpc) is 2.47. The molecule has 0 saturated carbocycles. The van der Waals surface area contributed by atoms with Gasteiger partial charge in [-0.15, -0.1) is 0 Å². The van der Waals surface area contributed by atoms with Gasteiger partial charge in [-0.1, -0.05) is 0 Å². The molecule has 0 spiro atoms. The Bertz CT molecular complexity index is 704. The van der Waals surface area contributed by atoms with Crippen LogP contribution in [0, 0.1) is 15.5 Å². The van der Waals surface area contributed by atoms with Crippen molar-refractivity contribution in [3.8, 4) is 17.5 Å². The van der Waals surface area contributed by atoms with Crippen LogP contribution in [0.15, 0.2) is 30.5 Å². The number of benzene rings is 1. The zero-order valence-corrected chi connectivity index (χ0v) is 10.9. The van der Waals surface area contributed by atoms with E-state index in [1.807, 2.05) is 0 Å². The molecule has 0 aliphatic rings. The van der Waals surface area contributed by atoms with Crippen molar-refractivity contribution in [1.29, 1.82) is 5.41 Å². The van der Waals surface area contributed by atoms with Gasteiger partial charge in [-0.3, -0.25) is 15.5 Å². The minimum atomic E-state index is -0.556. The van der Waals surface area contributed by atoms with E-state index in [2.05, 4.69) is 9.97 Å². The molecule has 2 aromatic rings. The van der Waals surface area contributed by atoms with E-state index in [1.165, 1.54) is 37.6 Å². The van der Waals surface area contributed by atoms with Crippen LogP contribution in [0.5, 0.6) is 17.5 Å². The monoisotopic (exact) mass is 289 g/mol. The number of hydrogen-bond donors (Lipinski definition) is 2. The van der Waals surface area contributed by atoms with E-state index in [4.69, 9.17) is 20.6 Å². The fourth-order valence-electron chi connectivity index (χ4n) is 1.50. The molecular weight excluding hydrogens is 278 g/mol. The summed E-state index contributed by atoms with van der Waals surface area (Å²) in [7, 11) is 1.40. The summed E-state index contributed by atoms with van der Waals surface area (Å²) in [6.45, 7) is 0. The van der Waals surface area contributed by atoms with Gasteiger partial charge in [-0.2, -0.15) is 4.98 Å². The number of aromatic nitrogens is 2. The van der Waals surface area contributed by atoms with Crippen molar-refractivity contribution in [3.63, 3.8) is 0 Å². The molecule has 108 valence electrons. The first-order chi connectivity index (χ1) is 10.0. The second-order valence-corrected chi connectivity index (χ2v) is 3.83. The van der Waals surface area contributed by atoms with Crippen molar-refractivity contribution in [2.75, 3.05) is 7.11 Å². The second-order valence-electron chi connectivity index (χ2n) is 3.83. The van der Waals surface area contributed by atoms with Crippen LogP contribution >= 0.6 is 0 Å². The van der Waals surface area contributed by atoms with E-state index in [9.17, 15) is 10.1 Å². The molecule has 0 amide bonds. The average molecular weight is 289 g/mol. The Morgan fingerprint density at radius 3 is 2.76 bits per heavy atom. The molecule has 9 heteroatoms. The number of amidine groups is 1. The number of methoxy groups -OCH3 is 1. The predicted molar refractivity (Wildman–Crippen MR) is 72.8 cm³/mol. The highest BCUT2D eigenvalue weighted by atomic mass is 16.6. The summed E-state index contributed by atoms with van der Waals surface area (Å²) in [5.41, 5.74) is 5.35. The zero-order valence-electron chi connectivity index (χ0n) is 10.9. The number of nitrogens with two attached hydrogens (primary N) is 1. The Kier molecular flexibility index (Phi) is 3.93. The number of nitro benzene ring substituents is 1. The number of nitrogens with one attached hydrogen (secondary N) is 1. The number of nitro groups is 1. The van der Waals surface area contributed by atoms with Crippen molar-refractivity contribution in [2.45, 2.75) is 0 Å². The number of rotatable bonds is 5. The summed E-state index contributed by atoms with van der Waals surface area (Å²) in [6.07, 6.45) is 1.36. The maximum atomic E-state index is 10.8. The van der Waals surface area contributed by atoms with E-state index in [-0.39, 0.29) is 34.7 Å². The Morgan fingerprint density at radius 2 is 2.14 bits per heavy atom. The molecule has 0 aliphatic carbocycles. The van der Waals surface area contributed by atoms with Gasteiger partial charge in [0.05, 0.1) is 18.1 Å². The number of nitrogens with zero attached hydrogens (tertiary/aromatic N) is 3. The van der Waals surface area contributed by atoms with Gasteiger partial charge in [-0.25, -0.2) is 4.98 Å². The third-order valence-electron chi connectivity index (χ3n) is 2.47. The highest BCUT2D eigenvalue weighted by Crippen LogP contribution is 2.33. The van der Waals surface area contributed by atoms with Crippen LogP contribution in [0.25, 0.3) is 0 Å². The summed E-state index contributed by atoms with van der Waals surface area (Å²) in [4.78, 5) is 18.0. The topological polar surface area (TPSA) is 137 Å². The number of non-ortho nitro benzene ring substituents is 1. The molecule has 9 nitrogen and oxygen atoms in total. The van der Waals surface area contributed by atoms with E-state index in [1.54, 1.807) is 0 Å². The SMILES string of the molecule is COc1ccc([N+](=O)[O-])cc1Oc1nccc(C(=N)N)n1. The quantitative estimate of drug-likeness (QED) is 0.368. The molecule has 21 heavy (non-hydrogen) atoms. The molecule has 0 bridgehead atoms. The molecule has 1 aromatic carbocycles.